The lowest BCUT2D eigenvalue weighted by atomic mass is 10.2. The van der Waals surface area contributed by atoms with Gasteiger partial charge < -0.3 is 5.32 Å². The Balaban J connectivity index is 2.02. The highest BCUT2D eigenvalue weighted by Gasteiger charge is 2.04. The van der Waals surface area contributed by atoms with Crippen molar-refractivity contribution in [2.75, 3.05) is 5.32 Å². The molecule has 0 saturated heterocycles. The van der Waals surface area contributed by atoms with Crippen molar-refractivity contribution in [3.05, 3.63) is 47.5 Å². The highest BCUT2D eigenvalue weighted by atomic mass is 19.1. The van der Waals surface area contributed by atoms with Crippen LogP contribution in [-0.2, 0) is 13.1 Å². The van der Waals surface area contributed by atoms with E-state index in [0.29, 0.717) is 6.54 Å². The first kappa shape index (κ1) is 11.6. The molecule has 0 unspecified atom stereocenters. The van der Waals surface area contributed by atoms with E-state index in [-0.39, 0.29) is 5.82 Å². The van der Waals surface area contributed by atoms with Gasteiger partial charge in [-0.1, -0.05) is 0 Å². The predicted molar refractivity (Wildman–Crippen MR) is 66.4 cm³/mol. The van der Waals surface area contributed by atoms with Crippen LogP contribution in [0.1, 0.15) is 18.2 Å². The van der Waals surface area contributed by atoms with Crippen LogP contribution >= 0.6 is 0 Å². The number of benzene rings is 1. The Labute approximate surface area is 100 Å². The zero-order chi connectivity index (χ0) is 12.3. The van der Waals surface area contributed by atoms with E-state index in [0.717, 1.165) is 17.8 Å². The molecule has 17 heavy (non-hydrogen) atoms. The zero-order valence-corrected chi connectivity index (χ0v) is 10.1. The third-order valence-electron chi connectivity index (χ3n) is 2.83. The van der Waals surface area contributed by atoms with E-state index in [1.165, 1.54) is 17.8 Å². The van der Waals surface area contributed by atoms with Crippen molar-refractivity contribution < 1.29 is 4.39 Å². The molecule has 0 fully saturated rings. The van der Waals surface area contributed by atoms with Gasteiger partial charge in [-0.15, -0.1) is 0 Å². The van der Waals surface area contributed by atoms with Gasteiger partial charge in [0.05, 0.1) is 6.20 Å². The van der Waals surface area contributed by atoms with Gasteiger partial charge in [0.15, 0.2) is 0 Å². The molecule has 2 aromatic rings. The molecule has 3 nitrogen and oxygen atoms in total. The average molecular weight is 233 g/mol. The molecular weight excluding hydrogens is 217 g/mol. The van der Waals surface area contributed by atoms with E-state index in [9.17, 15) is 4.39 Å². The Morgan fingerprint density at radius 2 is 2.00 bits per heavy atom. The summed E-state index contributed by atoms with van der Waals surface area (Å²) in [6.45, 7) is 5.70. The third-order valence-corrected chi connectivity index (χ3v) is 2.83. The van der Waals surface area contributed by atoms with Gasteiger partial charge in [-0.05, 0) is 38.1 Å². The molecule has 4 heteroatoms. The largest absolute Gasteiger partial charge is 0.381 e. The van der Waals surface area contributed by atoms with E-state index in [2.05, 4.69) is 24.3 Å². The normalized spacial score (nSPS) is 10.5. The Morgan fingerprint density at radius 3 is 2.59 bits per heavy atom. The van der Waals surface area contributed by atoms with Crippen LogP contribution in [-0.4, -0.2) is 9.78 Å². The standard InChI is InChI=1S/C13H16FN3/c1-3-17-10(2)11(9-16-17)8-15-13-6-4-12(14)5-7-13/h4-7,9,15H,3,8H2,1-2H3. The number of aryl methyl sites for hydroxylation is 1. The summed E-state index contributed by atoms with van der Waals surface area (Å²) in [7, 11) is 0. The molecule has 1 heterocycles. The van der Waals surface area contributed by atoms with Crippen LogP contribution in [0.25, 0.3) is 0 Å². The summed E-state index contributed by atoms with van der Waals surface area (Å²) >= 11 is 0. The van der Waals surface area contributed by atoms with Crippen molar-refractivity contribution in [1.82, 2.24) is 9.78 Å². The minimum Gasteiger partial charge on any atom is -0.381 e. The number of hydrogen-bond acceptors (Lipinski definition) is 2. The Morgan fingerprint density at radius 1 is 1.29 bits per heavy atom. The van der Waals surface area contributed by atoms with Crippen molar-refractivity contribution in [2.24, 2.45) is 0 Å². The quantitative estimate of drug-likeness (QED) is 0.879. The molecule has 1 aromatic heterocycles. The summed E-state index contributed by atoms with van der Waals surface area (Å²) < 4.78 is 14.7. The van der Waals surface area contributed by atoms with Crippen LogP contribution in [0.2, 0.25) is 0 Å². The molecule has 0 aliphatic heterocycles. The van der Waals surface area contributed by atoms with E-state index in [4.69, 9.17) is 0 Å². The predicted octanol–water partition coefficient (Wildman–Crippen LogP) is 2.96. The third kappa shape index (κ3) is 2.64. The van der Waals surface area contributed by atoms with Crippen LogP contribution < -0.4 is 5.32 Å². The highest BCUT2D eigenvalue weighted by Crippen LogP contribution is 2.12. The molecule has 0 bridgehead atoms. The van der Waals surface area contributed by atoms with E-state index < -0.39 is 0 Å². The number of hydrogen-bond donors (Lipinski definition) is 1. The molecule has 0 saturated carbocycles. The van der Waals surface area contributed by atoms with Gasteiger partial charge in [-0.2, -0.15) is 5.10 Å². The van der Waals surface area contributed by atoms with Gasteiger partial charge in [0, 0.05) is 30.0 Å². The Kier molecular flexibility index (Phi) is 3.42. The summed E-state index contributed by atoms with van der Waals surface area (Å²) in [6, 6.07) is 6.36. The zero-order valence-electron chi connectivity index (χ0n) is 10.1. The molecule has 1 aromatic carbocycles. The van der Waals surface area contributed by atoms with Crippen molar-refractivity contribution in [3.63, 3.8) is 0 Å². The summed E-state index contributed by atoms with van der Waals surface area (Å²) in [5.41, 5.74) is 3.24. The van der Waals surface area contributed by atoms with Gasteiger partial charge in [0.2, 0.25) is 0 Å². The van der Waals surface area contributed by atoms with Gasteiger partial charge >= 0.3 is 0 Å². The fraction of sp³-hybridized carbons (Fsp3) is 0.308. The van der Waals surface area contributed by atoms with Crippen molar-refractivity contribution in [2.45, 2.75) is 26.9 Å². The maximum atomic E-state index is 12.7. The lowest BCUT2D eigenvalue weighted by molar-refractivity contribution is 0.628. The van der Waals surface area contributed by atoms with Gasteiger partial charge in [0.25, 0.3) is 0 Å². The SMILES string of the molecule is CCn1ncc(CNc2ccc(F)cc2)c1C. The highest BCUT2D eigenvalue weighted by molar-refractivity contribution is 5.43. The van der Waals surface area contributed by atoms with E-state index >= 15 is 0 Å². The second-order valence-corrected chi connectivity index (χ2v) is 3.93. The van der Waals surface area contributed by atoms with Crippen LogP contribution in [0.5, 0.6) is 0 Å². The summed E-state index contributed by atoms with van der Waals surface area (Å²) in [5, 5.41) is 7.52. The number of nitrogens with zero attached hydrogens (tertiary/aromatic N) is 2. The topological polar surface area (TPSA) is 29.9 Å². The minimum absolute atomic E-state index is 0.217. The molecule has 0 radical (unpaired) electrons. The smallest absolute Gasteiger partial charge is 0.123 e. The average Bonchev–Trinajstić information content (AvgIpc) is 2.69. The van der Waals surface area contributed by atoms with Crippen LogP contribution in [0.15, 0.2) is 30.5 Å². The minimum atomic E-state index is -0.217. The van der Waals surface area contributed by atoms with Gasteiger partial charge in [0.1, 0.15) is 5.82 Å². The molecular formula is C13H16FN3. The first-order valence-corrected chi connectivity index (χ1v) is 5.71. The maximum absolute atomic E-state index is 12.7. The maximum Gasteiger partial charge on any atom is 0.123 e. The van der Waals surface area contributed by atoms with Crippen LogP contribution in [0.4, 0.5) is 10.1 Å². The Hall–Kier alpha value is -1.84. The van der Waals surface area contributed by atoms with Gasteiger partial charge in [-0.3, -0.25) is 4.68 Å². The summed E-state index contributed by atoms with van der Waals surface area (Å²) in [4.78, 5) is 0. The fourth-order valence-electron chi connectivity index (χ4n) is 1.74. The summed E-state index contributed by atoms with van der Waals surface area (Å²) in [6.07, 6.45) is 1.87. The molecule has 0 aliphatic carbocycles. The molecule has 0 atom stereocenters. The fourth-order valence-corrected chi connectivity index (χ4v) is 1.74. The molecule has 0 aliphatic rings. The number of halogens is 1. The number of anilines is 1. The molecule has 0 spiro atoms. The van der Waals surface area contributed by atoms with Gasteiger partial charge in [-0.25, -0.2) is 4.39 Å². The van der Waals surface area contributed by atoms with Crippen molar-refractivity contribution in [3.8, 4) is 0 Å². The molecule has 90 valence electrons. The summed E-state index contributed by atoms with van der Waals surface area (Å²) in [5.74, 6) is -0.217. The van der Waals surface area contributed by atoms with Crippen LogP contribution in [0, 0.1) is 12.7 Å². The second-order valence-electron chi connectivity index (χ2n) is 3.93. The van der Waals surface area contributed by atoms with E-state index in [1.807, 2.05) is 10.9 Å². The van der Waals surface area contributed by atoms with Crippen LogP contribution in [0.3, 0.4) is 0 Å². The number of rotatable bonds is 4. The second kappa shape index (κ2) is 4.99. The van der Waals surface area contributed by atoms with E-state index in [1.54, 1.807) is 12.1 Å². The lowest BCUT2D eigenvalue weighted by Crippen LogP contribution is -2.03. The number of aromatic nitrogens is 2. The molecule has 1 N–H and O–H groups in total. The number of nitrogens with one attached hydrogen (secondary N) is 1. The lowest BCUT2D eigenvalue weighted by Gasteiger charge is -2.06. The molecule has 2 rings (SSSR count). The Bertz CT molecular complexity index is 488. The first-order chi connectivity index (χ1) is 8.20. The first-order valence-electron chi connectivity index (χ1n) is 5.71. The van der Waals surface area contributed by atoms with Crippen molar-refractivity contribution >= 4 is 5.69 Å². The monoisotopic (exact) mass is 233 g/mol. The molecule has 0 amide bonds. The van der Waals surface area contributed by atoms with Crippen molar-refractivity contribution in [1.29, 1.82) is 0 Å².